The van der Waals surface area contributed by atoms with Crippen molar-refractivity contribution < 1.29 is 9.90 Å². The molecule has 0 aromatic heterocycles. The summed E-state index contributed by atoms with van der Waals surface area (Å²) in [5.41, 5.74) is 2.35. The van der Waals surface area contributed by atoms with E-state index in [4.69, 9.17) is 0 Å². The molecule has 2 nitrogen and oxygen atoms in total. The van der Waals surface area contributed by atoms with Crippen molar-refractivity contribution in [3.8, 4) is 16.9 Å². The Morgan fingerprint density at radius 2 is 1.81 bits per heavy atom. The average Bonchev–Trinajstić information content (AvgIpc) is 2.30. The van der Waals surface area contributed by atoms with Gasteiger partial charge in [-0.15, -0.1) is 0 Å². The number of carbonyl (C=O) groups is 1. The van der Waals surface area contributed by atoms with Crippen LogP contribution in [-0.4, -0.2) is 11.4 Å². The molecular weight excluding hydrogens is 315 g/mol. The minimum atomic E-state index is 0.108. The number of phenolic OH excluding ortho intramolecular Hbond substituents is 1. The Morgan fingerprint density at radius 3 is 2.50 bits per heavy atom. The lowest BCUT2D eigenvalue weighted by atomic mass is 10.0. The Morgan fingerprint density at radius 1 is 1.06 bits per heavy atom. The SMILES string of the molecule is O=Cc1cc(O)ccc1-c1ccccc1I. The molecule has 0 aliphatic carbocycles. The number of hydrogen-bond donors (Lipinski definition) is 1. The van der Waals surface area contributed by atoms with Gasteiger partial charge in [0.1, 0.15) is 5.75 Å². The molecule has 0 saturated heterocycles. The van der Waals surface area contributed by atoms with Crippen molar-refractivity contribution in [2.75, 3.05) is 0 Å². The van der Waals surface area contributed by atoms with Crippen LogP contribution in [-0.2, 0) is 0 Å². The summed E-state index contributed by atoms with van der Waals surface area (Å²) >= 11 is 2.23. The maximum Gasteiger partial charge on any atom is 0.150 e. The Labute approximate surface area is 107 Å². The van der Waals surface area contributed by atoms with Gasteiger partial charge in [0.2, 0.25) is 0 Å². The van der Waals surface area contributed by atoms with Gasteiger partial charge >= 0.3 is 0 Å². The van der Waals surface area contributed by atoms with Crippen LogP contribution in [0.2, 0.25) is 0 Å². The van der Waals surface area contributed by atoms with Crippen molar-refractivity contribution in [2.45, 2.75) is 0 Å². The van der Waals surface area contributed by atoms with Gasteiger partial charge in [0.25, 0.3) is 0 Å². The molecule has 0 radical (unpaired) electrons. The number of hydrogen-bond acceptors (Lipinski definition) is 2. The topological polar surface area (TPSA) is 37.3 Å². The maximum absolute atomic E-state index is 11.0. The summed E-state index contributed by atoms with van der Waals surface area (Å²) in [5.74, 6) is 0.108. The molecule has 0 aliphatic rings. The monoisotopic (exact) mass is 324 g/mol. The van der Waals surface area contributed by atoms with Gasteiger partial charge in [-0.1, -0.05) is 18.2 Å². The van der Waals surface area contributed by atoms with Crippen molar-refractivity contribution in [2.24, 2.45) is 0 Å². The van der Waals surface area contributed by atoms with E-state index in [1.165, 1.54) is 6.07 Å². The van der Waals surface area contributed by atoms with Crippen molar-refractivity contribution in [3.05, 3.63) is 51.6 Å². The van der Waals surface area contributed by atoms with E-state index in [1.54, 1.807) is 12.1 Å². The van der Waals surface area contributed by atoms with Crippen LogP contribution in [0.5, 0.6) is 5.75 Å². The first kappa shape index (κ1) is 11.1. The Balaban J connectivity index is 2.65. The largest absolute Gasteiger partial charge is 0.508 e. The van der Waals surface area contributed by atoms with Crippen LogP contribution in [0.15, 0.2) is 42.5 Å². The van der Waals surface area contributed by atoms with Crippen LogP contribution in [0, 0.1) is 3.57 Å². The molecule has 2 rings (SSSR count). The molecule has 1 N–H and O–H groups in total. The third-order valence-electron chi connectivity index (χ3n) is 2.33. The molecule has 0 saturated carbocycles. The van der Waals surface area contributed by atoms with E-state index in [9.17, 15) is 9.90 Å². The molecule has 80 valence electrons. The van der Waals surface area contributed by atoms with Crippen LogP contribution in [0.3, 0.4) is 0 Å². The number of rotatable bonds is 2. The molecule has 0 unspecified atom stereocenters. The molecule has 0 atom stereocenters. The highest BCUT2D eigenvalue weighted by atomic mass is 127. The zero-order chi connectivity index (χ0) is 11.5. The van der Waals surface area contributed by atoms with Gasteiger partial charge in [0, 0.05) is 9.13 Å². The van der Waals surface area contributed by atoms with E-state index in [-0.39, 0.29) is 5.75 Å². The highest BCUT2D eigenvalue weighted by molar-refractivity contribution is 14.1. The van der Waals surface area contributed by atoms with E-state index < -0.39 is 0 Å². The van der Waals surface area contributed by atoms with Crippen molar-refractivity contribution in [1.82, 2.24) is 0 Å². The van der Waals surface area contributed by atoms with Gasteiger partial charge < -0.3 is 5.11 Å². The van der Waals surface area contributed by atoms with Crippen molar-refractivity contribution in [1.29, 1.82) is 0 Å². The molecule has 0 fully saturated rings. The van der Waals surface area contributed by atoms with Crippen LogP contribution in [0.25, 0.3) is 11.1 Å². The fourth-order valence-electron chi connectivity index (χ4n) is 1.57. The Hall–Kier alpha value is -1.36. The summed E-state index contributed by atoms with van der Waals surface area (Å²) in [6.45, 7) is 0. The number of phenols is 1. The van der Waals surface area contributed by atoms with E-state index in [2.05, 4.69) is 22.6 Å². The number of aldehydes is 1. The Bertz CT molecular complexity index is 535. The summed E-state index contributed by atoms with van der Waals surface area (Å²) in [6.07, 6.45) is 0.762. The molecule has 3 heteroatoms. The molecule has 0 heterocycles. The van der Waals surface area contributed by atoms with Crippen LogP contribution in [0.1, 0.15) is 10.4 Å². The second-order valence-corrected chi connectivity index (χ2v) is 4.53. The minimum absolute atomic E-state index is 0.108. The highest BCUT2D eigenvalue weighted by Crippen LogP contribution is 2.29. The number of halogens is 1. The zero-order valence-electron chi connectivity index (χ0n) is 8.35. The van der Waals surface area contributed by atoms with Crippen LogP contribution >= 0.6 is 22.6 Å². The normalized spacial score (nSPS) is 10.1. The second kappa shape index (κ2) is 4.65. The molecule has 2 aromatic carbocycles. The fourth-order valence-corrected chi connectivity index (χ4v) is 2.25. The van der Waals surface area contributed by atoms with Gasteiger partial charge in [-0.2, -0.15) is 0 Å². The van der Waals surface area contributed by atoms with Gasteiger partial charge in [0.05, 0.1) is 0 Å². The lowest BCUT2D eigenvalue weighted by Gasteiger charge is -2.07. The van der Waals surface area contributed by atoms with E-state index in [0.29, 0.717) is 5.56 Å². The summed E-state index contributed by atoms with van der Waals surface area (Å²) in [6, 6.07) is 12.6. The number of benzene rings is 2. The molecule has 2 aromatic rings. The summed E-state index contributed by atoms with van der Waals surface area (Å²) in [5, 5.41) is 9.32. The third-order valence-corrected chi connectivity index (χ3v) is 3.27. The molecule has 0 bridgehead atoms. The second-order valence-electron chi connectivity index (χ2n) is 3.37. The summed E-state index contributed by atoms with van der Waals surface area (Å²) in [4.78, 5) is 11.0. The number of aromatic hydroxyl groups is 1. The summed E-state index contributed by atoms with van der Waals surface area (Å²) < 4.78 is 1.08. The molecule has 0 spiro atoms. The van der Waals surface area contributed by atoms with Crippen LogP contribution in [0.4, 0.5) is 0 Å². The maximum atomic E-state index is 11.0. The summed E-state index contributed by atoms with van der Waals surface area (Å²) in [7, 11) is 0. The minimum Gasteiger partial charge on any atom is -0.508 e. The first-order chi connectivity index (χ1) is 7.72. The molecular formula is C13H9IO2. The van der Waals surface area contributed by atoms with Crippen LogP contribution < -0.4 is 0 Å². The van der Waals surface area contributed by atoms with Crippen molar-refractivity contribution >= 4 is 28.9 Å². The first-order valence-corrected chi connectivity index (χ1v) is 5.83. The quantitative estimate of drug-likeness (QED) is 0.678. The van der Waals surface area contributed by atoms with Gasteiger partial charge in [-0.25, -0.2) is 0 Å². The standard InChI is InChI=1S/C13H9IO2/c14-13-4-2-1-3-12(13)11-6-5-10(16)7-9(11)8-15/h1-8,16H. The predicted molar refractivity (Wildman–Crippen MR) is 71.6 cm³/mol. The molecule has 16 heavy (non-hydrogen) atoms. The predicted octanol–water partition coefficient (Wildman–Crippen LogP) is 3.48. The average molecular weight is 324 g/mol. The smallest absolute Gasteiger partial charge is 0.150 e. The van der Waals surface area contributed by atoms with Gasteiger partial charge in [-0.3, -0.25) is 4.79 Å². The fraction of sp³-hybridized carbons (Fsp3) is 0. The zero-order valence-corrected chi connectivity index (χ0v) is 10.5. The molecule has 0 amide bonds. The number of carbonyl (C=O) groups excluding carboxylic acids is 1. The van der Waals surface area contributed by atoms with E-state index in [1.807, 2.05) is 24.3 Å². The van der Waals surface area contributed by atoms with Crippen molar-refractivity contribution in [3.63, 3.8) is 0 Å². The lowest BCUT2D eigenvalue weighted by molar-refractivity contribution is 0.112. The molecule has 0 aliphatic heterocycles. The Kier molecular flexibility index (Phi) is 3.24. The van der Waals surface area contributed by atoms with E-state index >= 15 is 0 Å². The highest BCUT2D eigenvalue weighted by Gasteiger charge is 2.07. The lowest BCUT2D eigenvalue weighted by Crippen LogP contribution is -1.89. The van der Waals surface area contributed by atoms with Gasteiger partial charge in [0.15, 0.2) is 6.29 Å². The van der Waals surface area contributed by atoms with Gasteiger partial charge in [-0.05, 0) is 58.0 Å². The van der Waals surface area contributed by atoms with E-state index in [0.717, 1.165) is 21.0 Å². The first-order valence-electron chi connectivity index (χ1n) is 4.75. The third kappa shape index (κ3) is 2.09.